The summed E-state index contributed by atoms with van der Waals surface area (Å²) in [5.41, 5.74) is 0. The molecule has 0 bridgehead atoms. The van der Waals surface area contributed by atoms with Crippen LogP contribution in [0.4, 0.5) is 0 Å². The molecule has 0 saturated heterocycles. The van der Waals surface area contributed by atoms with Crippen LogP contribution >= 0.6 is 0 Å². The third kappa shape index (κ3) is 8.82. The van der Waals surface area contributed by atoms with Crippen molar-refractivity contribution in [3.05, 3.63) is 12.7 Å². The van der Waals surface area contributed by atoms with Crippen molar-refractivity contribution in [3.8, 4) is 0 Å². The molecule has 0 heterocycles. The minimum Gasteiger partial charge on any atom is -0.103 e. The third-order valence-corrected chi connectivity index (χ3v) is 5.21. The van der Waals surface area contributed by atoms with Crippen LogP contribution in [0, 0.1) is 23.7 Å². The fourth-order valence-electron chi connectivity index (χ4n) is 3.24. The van der Waals surface area contributed by atoms with Crippen molar-refractivity contribution in [2.75, 3.05) is 0 Å². The van der Waals surface area contributed by atoms with Gasteiger partial charge < -0.3 is 0 Å². The number of hydrogen-bond donors (Lipinski definition) is 0. The summed E-state index contributed by atoms with van der Waals surface area (Å²) in [5, 5.41) is 0. The summed E-state index contributed by atoms with van der Waals surface area (Å²) in [4.78, 5) is 0. The molecule has 0 heteroatoms. The lowest BCUT2D eigenvalue weighted by Crippen LogP contribution is -2.17. The summed E-state index contributed by atoms with van der Waals surface area (Å²) in [6.45, 7) is 15.8. The summed E-state index contributed by atoms with van der Waals surface area (Å²) >= 11 is 0. The molecule has 0 aromatic heterocycles. The van der Waals surface area contributed by atoms with Crippen LogP contribution in [0.5, 0.6) is 0 Å². The molecule has 0 aromatic rings. The molecular weight excluding hydrogens is 240 g/mol. The van der Waals surface area contributed by atoms with E-state index in [0.29, 0.717) is 0 Å². The average molecular weight is 281 g/mol. The van der Waals surface area contributed by atoms with E-state index in [2.05, 4.69) is 47.3 Å². The zero-order valence-electron chi connectivity index (χ0n) is 15.0. The van der Waals surface area contributed by atoms with Gasteiger partial charge in [-0.2, -0.15) is 0 Å². The minimum atomic E-state index is 0.754. The van der Waals surface area contributed by atoms with Crippen molar-refractivity contribution < 1.29 is 0 Å². The van der Waals surface area contributed by atoms with E-state index in [4.69, 9.17) is 0 Å². The lowest BCUT2D eigenvalue weighted by molar-refractivity contribution is 0.240. The Bertz CT molecular complexity index is 216. The molecule has 0 aliphatic heterocycles. The second-order valence-electron chi connectivity index (χ2n) is 7.05. The van der Waals surface area contributed by atoms with Crippen LogP contribution in [-0.2, 0) is 0 Å². The smallest absolute Gasteiger partial charge is 0.0239 e. The summed E-state index contributed by atoms with van der Waals surface area (Å²) in [5.74, 6) is 3.44. The Labute approximate surface area is 129 Å². The van der Waals surface area contributed by atoms with Gasteiger partial charge in [0.25, 0.3) is 0 Å². The predicted molar refractivity (Wildman–Crippen MR) is 94.1 cm³/mol. The highest BCUT2D eigenvalue weighted by molar-refractivity contribution is 4.77. The summed E-state index contributed by atoms with van der Waals surface area (Å²) in [6.07, 6.45) is 14.6. The molecule has 0 radical (unpaired) electrons. The van der Waals surface area contributed by atoms with E-state index >= 15 is 0 Å². The lowest BCUT2D eigenvalue weighted by Gasteiger charge is -2.27. The van der Waals surface area contributed by atoms with Gasteiger partial charge in [-0.1, -0.05) is 85.6 Å². The molecule has 0 spiro atoms. The summed E-state index contributed by atoms with van der Waals surface area (Å²) in [7, 11) is 0. The van der Waals surface area contributed by atoms with Gasteiger partial charge in [0.1, 0.15) is 0 Å². The Hall–Kier alpha value is -0.260. The molecule has 0 fully saturated rings. The van der Waals surface area contributed by atoms with Gasteiger partial charge in [-0.15, -0.1) is 6.58 Å². The van der Waals surface area contributed by atoms with E-state index < -0.39 is 0 Å². The van der Waals surface area contributed by atoms with E-state index in [0.717, 1.165) is 23.7 Å². The average Bonchev–Trinajstić information content (AvgIpc) is 2.44. The van der Waals surface area contributed by atoms with Crippen LogP contribution in [0.1, 0.15) is 92.4 Å². The zero-order valence-corrected chi connectivity index (χ0v) is 15.0. The fraction of sp³-hybridized carbons (Fsp3) is 0.900. The van der Waals surface area contributed by atoms with Gasteiger partial charge >= 0.3 is 0 Å². The van der Waals surface area contributed by atoms with Gasteiger partial charge in [-0.05, 0) is 36.5 Å². The maximum atomic E-state index is 3.93. The van der Waals surface area contributed by atoms with E-state index in [9.17, 15) is 0 Å². The Morgan fingerprint density at radius 3 is 1.90 bits per heavy atom. The fourth-order valence-corrected chi connectivity index (χ4v) is 3.24. The highest BCUT2D eigenvalue weighted by Gasteiger charge is 2.18. The van der Waals surface area contributed by atoms with Crippen molar-refractivity contribution in [2.24, 2.45) is 23.7 Å². The van der Waals surface area contributed by atoms with Crippen molar-refractivity contribution in [3.63, 3.8) is 0 Å². The topological polar surface area (TPSA) is 0 Å². The van der Waals surface area contributed by atoms with Crippen molar-refractivity contribution in [1.29, 1.82) is 0 Å². The maximum Gasteiger partial charge on any atom is -0.0239 e. The second-order valence-corrected chi connectivity index (χ2v) is 7.05. The summed E-state index contributed by atoms with van der Waals surface area (Å²) < 4.78 is 0. The molecule has 20 heavy (non-hydrogen) atoms. The molecule has 0 rings (SSSR count). The molecular formula is C20H40. The number of hydrogen-bond acceptors (Lipinski definition) is 0. The first-order chi connectivity index (χ1) is 9.56. The van der Waals surface area contributed by atoms with Gasteiger partial charge in [0.2, 0.25) is 0 Å². The molecule has 0 nitrogen and oxygen atoms in total. The van der Waals surface area contributed by atoms with Crippen molar-refractivity contribution in [1.82, 2.24) is 0 Å². The van der Waals surface area contributed by atoms with Gasteiger partial charge in [-0.25, -0.2) is 0 Å². The van der Waals surface area contributed by atoms with Crippen LogP contribution in [-0.4, -0.2) is 0 Å². The zero-order chi connectivity index (χ0) is 15.4. The Balaban J connectivity index is 3.76. The Kier molecular flexibility index (Phi) is 12.3. The molecule has 3 unspecified atom stereocenters. The quantitative estimate of drug-likeness (QED) is 0.246. The first-order valence-corrected chi connectivity index (χ1v) is 9.19. The van der Waals surface area contributed by atoms with Gasteiger partial charge in [0.15, 0.2) is 0 Å². The second kappa shape index (κ2) is 12.5. The van der Waals surface area contributed by atoms with Crippen molar-refractivity contribution in [2.45, 2.75) is 92.4 Å². The number of rotatable bonds is 13. The molecule has 3 atom stereocenters. The van der Waals surface area contributed by atoms with E-state index in [-0.39, 0.29) is 0 Å². The summed E-state index contributed by atoms with van der Waals surface area (Å²) in [6, 6.07) is 0. The Morgan fingerprint density at radius 2 is 1.45 bits per heavy atom. The minimum absolute atomic E-state index is 0.754. The van der Waals surface area contributed by atoms with Crippen LogP contribution in [0.2, 0.25) is 0 Å². The molecule has 0 N–H and O–H groups in total. The number of allylic oxidation sites excluding steroid dienone is 1. The van der Waals surface area contributed by atoms with Crippen LogP contribution in [0.3, 0.4) is 0 Å². The SMILES string of the molecule is C=CC(CC)CCCCCCC(CCC)C(C)C(C)C. The normalized spacial score (nSPS) is 16.1. The standard InChI is InChI=1S/C20H40/c1-7-14-20(18(6)17(4)5)16-13-11-10-12-15-19(8-2)9-3/h8,17-20H,2,7,9-16H2,1,3-6H3. The highest BCUT2D eigenvalue weighted by Crippen LogP contribution is 2.29. The molecule has 0 aromatic carbocycles. The first-order valence-electron chi connectivity index (χ1n) is 9.19. The van der Waals surface area contributed by atoms with Gasteiger partial charge in [0, 0.05) is 0 Å². The van der Waals surface area contributed by atoms with Crippen LogP contribution in [0.25, 0.3) is 0 Å². The van der Waals surface area contributed by atoms with Gasteiger partial charge in [0.05, 0.1) is 0 Å². The van der Waals surface area contributed by atoms with E-state index in [1.807, 2.05) is 0 Å². The monoisotopic (exact) mass is 280 g/mol. The number of unbranched alkanes of at least 4 members (excludes halogenated alkanes) is 3. The largest absolute Gasteiger partial charge is 0.103 e. The van der Waals surface area contributed by atoms with E-state index in [1.54, 1.807) is 0 Å². The molecule has 120 valence electrons. The molecule has 0 saturated carbocycles. The van der Waals surface area contributed by atoms with Crippen molar-refractivity contribution >= 4 is 0 Å². The maximum absolute atomic E-state index is 3.93. The first kappa shape index (κ1) is 19.7. The molecule has 0 amide bonds. The van der Waals surface area contributed by atoms with Gasteiger partial charge in [-0.3, -0.25) is 0 Å². The highest BCUT2D eigenvalue weighted by atomic mass is 14.2. The lowest BCUT2D eigenvalue weighted by atomic mass is 9.79. The van der Waals surface area contributed by atoms with Crippen LogP contribution in [0.15, 0.2) is 12.7 Å². The van der Waals surface area contributed by atoms with Crippen LogP contribution < -0.4 is 0 Å². The third-order valence-electron chi connectivity index (χ3n) is 5.21. The molecule has 0 aliphatic carbocycles. The van der Waals surface area contributed by atoms with E-state index in [1.165, 1.54) is 57.8 Å². The molecule has 0 aliphatic rings. The Morgan fingerprint density at radius 1 is 0.850 bits per heavy atom. The predicted octanol–water partition coefficient (Wildman–Crippen LogP) is 7.25.